The number of hydrogen-bond donors (Lipinski definition) is 2. The molecule has 2 rings (SSSR count). The molecule has 2 N–H and O–H groups in total. The Morgan fingerprint density at radius 1 is 1.29 bits per heavy atom. The molecule has 1 aromatic rings. The summed E-state index contributed by atoms with van der Waals surface area (Å²) in [5, 5.41) is 20.6. The average molecular weight is 286 g/mol. The fourth-order valence-corrected chi connectivity index (χ4v) is 2.70. The zero-order valence-corrected chi connectivity index (χ0v) is 11.9. The Hall–Kier alpha value is -2.35. The van der Waals surface area contributed by atoms with Crippen molar-refractivity contribution in [2.45, 2.75) is 32.2 Å². The number of nitriles is 1. The summed E-state index contributed by atoms with van der Waals surface area (Å²) in [6.45, 7) is 1.88. The Bertz CT molecular complexity index is 574. The number of nitrogens with one attached hydrogen (secondary N) is 1. The van der Waals surface area contributed by atoms with Crippen molar-refractivity contribution in [3.8, 4) is 6.07 Å². The van der Waals surface area contributed by atoms with E-state index in [2.05, 4.69) is 11.4 Å². The number of nitrogens with zero attached hydrogens (tertiary/aromatic N) is 1. The summed E-state index contributed by atoms with van der Waals surface area (Å²) in [6, 6.07) is 8.96. The Kier molecular flexibility index (Phi) is 4.59. The van der Waals surface area contributed by atoms with Gasteiger partial charge in [-0.3, -0.25) is 9.59 Å². The van der Waals surface area contributed by atoms with Crippen LogP contribution < -0.4 is 5.32 Å². The maximum atomic E-state index is 12.2. The molecule has 1 saturated carbocycles. The predicted molar refractivity (Wildman–Crippen MR) is 76.2 cm³/mol. The van der Waals surface area contributed by atoms with Crippen molar-refractivity contribution in [2.24, 2.45) is 11.8 Å². The molecule has 1 aromatic carbocycles. The van der Waals surface area contributed by atoms with Gasteiger partial charge < -0.3 is 10.4 Å². The van der Waals surface area contributed by atoms with Crippen molar-refractivity contribution in [3.05, 3.63) is 35.4 Å². The van der Waals surface area contributed by atoms with E-state index in [0.717, 1.165) is 5.56 Å². The molecule has 3 unspecified atom stereocenters. The van der Waals surface area contributed by atoms with Gasteiger partial charge >= 0.3 is 5.97 Å². The van der Waals surface area contributed by atoms with Gasteiger partial charge in [0.2, 0.25) is 5.91 Å². The van der Waals surface area contributed by atoms with Gasteiger partial charge in [0.15, 0.2) is 0 Å². The number of rotatable bonds is 4. The fourth-order valence-electron chi connectivity index (χ4n) is 2.70. The number of aliphatic carboxylic acids is 1. The standard InChI is InChI=1S/C16H18N2O3/c1-10(12-4-2-11(9-17)3-5-12)18-15(19)13-6-7-14(8-13)16(20)21/h2-5,10,13-14H,6-8H2,1H3,(H,18,19)(H,20,21). The Morgan fingerprint density at radius 2 is 1.90 bits per heavy atom. The molecule has 1 aliphatic carbocycles. The minimum atomic E-state index is -0.814. The van der Waals surface area contributed by atoms with Gasteiger partial charge in [0.05, 0.1) is 23.6 Å². The quantitative estimate of drug-likeness (QED) is 0.888. The smallest absolute Gasteiger partial charge is 0.306 e. The van der Waals surface area contributed by atoms with Crippen LogP contribution in [0.1, 0.15) is 43.4 Å². The second-order valence-electron chi connectivity index (χ2n) is 5.51. The zero-order valence-electron chi connectivity index (χ0n) is 11.9. The van der Waals surface area contributed by atoms with E-state index in [1.54, 1.807) is 12.1 Å². The van der Waals surface area contributed by atoms with E-state index in [1.165, 1.54) is 0 Å². The lowest BCUT2D eigenvalue weighted by Gasteiger charge is -2.17. The second-order valence-corrected chi connectivity index (χ2v) is 5.51. The van der Waals surface area contributed by atoms with E-state index in [1.807, 2.05) is 19.1 Å². The van der Waals surface area contributed by atoms with Gasteiger partial charge in [0.1, 0.15) is 0 Å². The molecule has 0 saturated heterocycles. The molecule has 21 heavy (non-hydrogen) atoms. The fraction of sp³-hybridized carbons (Fsp3) is 0.438. The van der Waals surface area contributed by atoms with Crippen LogP contribution in [0.5, 0.6) is 0 Å². The molecule has 0 aliphatic heterocycles. The summed E-state index contributed by atoms with van der Waals surface area (Å²) in [5.74, 6) is -1.51. The maximum Gasteiger partial charge on any atom is 0.306 e. The highest BCUT2D eigenvalue weighted by Crippen LogP contribution is 2.31. The molecule has 110 valence electrons. The SMILES string of the molecule is CC(NC(=O)C1CCC(C(=O)O)C1)c1ccc(C#N)cc1. The molecule has 1 amide bonds. The third kappa shape index (κ3) is 3.60. The van der Waals surface area contributed by atoms with Gasteiger partial charge in [-0.1, -0.05) is 12.1 Å². The van der Waals surface area contributed by atoms with Gasteiger partial charge in [-0.25, -0.2) is 0 Å². The van der Waals surface area contributed by atoms with Gasteiger partial charge in [-0.2, -0.15) is 5.26 Å². The van der Waals surface area contributed by atoms with Gasteiger partial charge in [0, 0.05) is 5.92 Å². The van der Waals surface area contributed by atoms with Crippen LogP contribution in [0.3, 0.4) is 0 Å². The lowest BCUT2D eigenvalue weighted by molar-refractivity contribution is -0.141. The lowest BCUT2D eigenvalue weighted by Crippen LogP contribution is -2.32. The summed E-state index contributed by atoms with van der Waals surface area (Å²) in [6.07, 6.45) is 1.61. The van der Waals surface area contributed by atoms with E-state index < -0.39 is 11.9 Å². The van der Waals surface area contributed by atoms with E-state index >= 15 is 0 Å². The topological polar surface area (TPSA) is 90.2 Å². The average Bonchev–Trinajstić information content (AvgIpc) is 2.97. The third-order valence-electron chi connectivity index (χ3n) is 4.05. The molecular formula is C16H18N2O3. The molecule has 1 fully saturated rings. The Morgan fingerprint density at radius 3 is 2.43 bits per heavy atom. The number of benzene rings is 1. The molecule has 0 aromatic heterocycles. The highest BCUT2D eigenvalue weighted by Gasteiger charge is 2.34. The van der Waals surface area contributed by atoms with Crippen LogP contribution in [0.25, 0.3) is 0 Å². The highest BCUT2D eigenvalue weighted by atomic mass is 16.4. The van der Waals surface area contributed by atoms with Gasteiger partial charge in [0.25, 0.3) is 0 Å². The van der Waals surface area contributed by atoms with Crippen molar-refractivity contribution >= 4 is 11.9 Å². The normalized spacial score (nSPS) is 22.3. The van der Waals surface area contributed by atoms with Crippen LogP contribution >= 0.6 is 0 Å². The Balaban J connectivity index is 1.93. The van der Waals surface area contributed by atoms with Crippen LogP contribution in [-0.4, -0.2) is 17.0 Å². The monoisotopic (exact) mass is 286 g/mol. The molecule has 0 heterocycles. The Labute approximate surface area is 123 Å². The number of carbonyl (C=O) groups is 2. The van der Waals surface area contributed by atoms with Crippen molar-refractivity contribution < 1.29 is 14.7 Å². The summed E-state index contributed by atoms with van der Waals surface area (Å²) in [4.78, 5) is 23.1. The minimum Gasteiger partial charge on any atom is -0.481 e. The highest BCUT2D eigenvalue weighted by molar-refractivity contribution is 5.81. The van der Waals surface area contributed by atoms with Crippen LogP contribution in [-0.2, 0) is 9.59 Å². The van der Waals surface area contributed by atoms with Crippen molar-refractivity contribution in [3.63, 3.8) is 0 Å². The molecule has 0 bridgehead atoms. The van der Waals surface area contributed by atoms with Crippen LogP contribution in [0.2, 0.25) is 0 Å². The van der Waals surface area contributed by atoms with Crippen LogP contribution in [0.15, 0.2) is 24.3 Å². The summed E-state index contributed by atoms with van der Waals surface area (Å²) < 4.78 is 0. The summed E-state index contributed by atoms with van der Waals surface area (Å²) in [5.41, 5.74) is 1.51. The number of amides is 1. The van der Waals surface area contributed by atoms with E-state index in [4.69, 9.17) is 10.4 Å². The molecule has 0 radical (unpaired) electrons. The van der Waals surface area contributed by atoms with Crippen molar-refractivity contribution in [2.75, 3.05) is 0 Å². The summed E-state index contributed by atoms with van der Waals surface area (Å²) in [7, 11) is 0. The molecule has 5 heteroatoms. The van der Waals surface area contributed by atoms with Crippen LogP contribution in [0.4, 0.5) is 0 Å². The largest absolute Gasteiger partial charge is 0.481 e. The first-order valence-electron chi connectivity index (χ1n) is 7.04. The van der Waals surface area contributed by atoms with Crippen LogP contribution in [0, 0.1) is 23.2 Å². The van der Waals surface area contributed by atoms with E-state index in [0.29, 0.717) is 24.8 Å². The second kappa shape index (κ2) is 6.40. The number of carboxylic acid groups (broad SMARTS) is 1. The minimum absolute atomic E-state index is 0.0874. The first kappa shape index (κ1) is 15.0. The third-order valence-corrected chi connectivity index (χ3v) is 4.05. The van der Waals surface area contributed by atoms with E-state index in [-0.39, 0.29) is 17.9 Å². The van der Waals surface area contributed by atoms with E-state index in [9.17, 15) is 9.59 Å². The molecule has 0 spiro atoms. The van der Waals surface area contributed by atoms with Gasteiger partial charge in [-0.05, 0) is 43.9 Å². The number of carboxylic acids is 1. The van der Waals surface area contributed by atoms with Crippen molar-refractivity contribution in [1.29, 1.82) is 5.26 Å². The number of hydrogen-bond acceptors (Lipinski definition) is 3. The maximum absolute atomic E-state index is 12.2. The molecule has 1 aliphatic rings. The lowest BCUT2D eigenvalue weighted by atomic mass is 10.0. The zero-order chi connectivity index (χ0) is 15.4. The van der Waals surface area contributed by atoms with Gasteiger partial charge in [-0.15, -0.1) is 0 Å². The number of carbonyl (C=O) groups excluding carboxylic acids is 1. The molecule has 3 atom stereocenters. The first-order chi connectivity index (χ1) is 10.0. The molecule has 5 nitrogen and oxygen atoms in total. The molecular weight excluding hydrogens is 268 g/mol. The summed E-state index contributed by atoms with van der Waals surface area (Å²) >= 11 is 0. The van der Waals surface area contributed by atoms with Crippen molar-refractivity contribution in [1.82, 2.24) is 5.32 Å². The first-order valence-corrected chi connectivity index (χ1v) is 7.04. The predicted octanol–water partition coefficient (Wildman–Crippen LogP) is 2.24.